The highest BCUT2D eigenvalue weighted by molar-refractivity contribution is 5.91. The molecule has 1 aliphatic rings. The maximum absolute atomic E-state index is 11.4. The van der Waals surface area contributed by atoms with Gasteiger partial charge in [-0.15, -0.1) is 0 Å². The summed E-state index contributed by atoms with van der Waals surface area (Å²) in [5, 5.41) is 9.70. The minimum atomic E-state index is -0.571. The third-order valence-corrected chi connectivity index (χ3v) is 5.92. The molecule has 5 rings (SSSR count). The van der Waals surface area contributed by atoms with E-state index in [1.165, 1.54) is 6.20 Å². The van der Waals surface area contributed by atoms with Crippen LogP contribution in [0.4, 0.5) is 5.82 Å². The minimum absolute atomic E-state index is 0.0314. The predicted molar refractivity (Wildman–Crippen MR) is 121 cm³/mol. The Morgan fingerprint density at radius 3 is 2.75 bits per heavy atom. The zero-order chi connectivity index (χ0) is 22.2. The van der Waals surface area contributed by atoms with Gasteiger partial charge >= 0.3 is 0 Å². The first-order valence-electron chi connectivity index (χ1n) is 10.5. The van der Waals surface area contributed by atoms with E-state index < -0.39 is 5.91 Å². The van der Waals surface area contributed by atoms with Crippen molar-refractivity contribution in [2.75, 3.05) is 18.0 Å². The molecule has 0 atom stereocenters. The van der Waals surface area contributed by atoms with Crippen LogP contribution in [-0.4, -0.2) is 39.5 Å². The molecule has 8 nitrogen and oxygen atoms in total. The third-order valence-electron chi connectivity index (χ3n) is 5.92. The lowest BCUT2D eigenvalue weighted by Crippen LogP contribution is -2.39. The van der Waals surface area contributed by atoms with Gasteiger partial charge in [0.1, 0.15) is 29.4 Å². The average Bonchev–Trinajstić information content (AvgIpc) is 3.18. The topological polar surface area (TPSA) is 110 Å². The van der Waals surface area contributed by atoms with Crippen molar-refractivity contribution < 1.29 is 9.53 Å². The number of pyridine rings is 2. The Balaban J connectivity index is 1.42. The number of benzene rings is 1. The molecule has 0 bridgehead atoms. The molecule has 0 unspecified atom stereocenters. The van der Waals surface area contributed by atoms with Crippen molar-refractivity contribution in [3.63, 3.8) is 0 Å². The van der Waals surface area contributed by atoms with Gasteiger partial charge in [-0.3, -0.25) is 14.2 Å². The van der Waals surface area contributed by atoms with E-state index in [0.717, 1.165) is 48.3 Å². The number of nitriles is 1. The predicted octanol–water partition coefficient (Wildman–Crippen LogP) is 3.21. The molecule has 1 saturated heterocycles. The molecular weight excluding hydrogens is 404 g/mol. The molecule has 1 fully saturated rings. The molecule has 0 radical (unpaired) electrons. The number of imidazole rings is 1. The van der Waals surface area contributed by atoms with Gasteiger partial charge in [0.2, 0.25) is 0 Å². The van der Waals surface area contributed by atoms with E-state index >= 15 is 0 Å². The maximum atomic E-state index is 11.4. The van der Waals surface area contributed by atoms with Crippen LogP contribution in [0.5, 0.6) is 5.75 Å². The van der Waals surface area contributed by atoms with Gasteiger partial charge in [-0.05, 0) is 36.8 Å². The number of amides is 1. The number of ether oxygens (including phenoxy) is 1. The number of fused-ring (bicyclic) bond motifs is 3. The number of anilines is 1. The summed E-state index contributed by atoms with van der Waals surface area (Å²) in [6, 6.07) is 15.7. The largest absolute Gasteiger partial charge is 0.490 e. The minimum Gasteiger partial charge on any atom is -0.490 e. The average molecular weight is 426 g/mol. The number of nitrogens with two attached hydrogens (primary N) is 1. The van der Waals surface area contributed by atoms with Gasteiger partial charge in [-0.1, -0.05) is 12.1 Å². The van der Waals surface area contributed by atoms with Crippen LogP contribution in [0.25, 0.3) is 16.7 Å². The van der Waals surface area contributed by atoms with Crippen LogP contribution < -0.4 is 15.4 Å². The molecule has 1 aliphatic heterocycles. The molecular formula is C24H22N6O2. The second-order valence-electron chi connectivity index (χ2n) is 7.98. The molecule has 8 heteroatoms. The van der Waals surface area contributed by atoms with Crippen LogP contribution in [-0.2, 0) is 0 Å². The third kappa shape index (κ3) is 3.38. The zero-order valence-corrected chi connectivity index (χ0v) is 17.7. The number of aromatic nitrogens is 3. The summed E-state index contributed by atoms with van der Waals surface area (Å²) in [6.07, 6.45) is 3.21. The lowest BCUT2D eigenvalue weighted by molar-refractivity contribution is 0.0994. The molecule has 3 aromatic heterocycles. The summed E-state index contributed by atoms with van der Waals surface area (Å²) in [7, 11) is 0. The van der Waals surface area contributed by atoms with E-state index in [1.54, 1.807) is 12.1 Å². The summed E-state index contributed by atoms with van der Waals surface area (Å²) < 4.78 is 8.18. The number of hydrogen-bond acceptors (Lipinski definition) is 6. The van der Waals surface area contributed by atoms with Crippen molar-refractivity contribution in [2.24, 2.45) is 5.73 Å². The number of rotatable bonds is 4. The van der Waals surface area contributed by atoms with Crippen LogP contribution in [0, 0.1) is 18.3 Å². The van der Waals surface area contributed by atoms with Crippen LogP contribution in [0.1, 0.15) is 34.5 Å². The van der Waals surface area contributed by atoms with E-state index in [0.29, 0.717) is 17.0 Å². The van der Waals surface area contributed by atoms with E-state index in [1.807, 2.05) is 31.2 Å². The second kappa shape index (κ2) is 7.85. The molecule has 2 N–H and O–H groups in total. The zero-order valence-electron chi connectivity index (χ0n) is 17.7. The Labute approximate surface area is 184 Å². The van der Waals surface area contributed by atoms with Crippen molar-refractivity contribution in [3.8, 4) is 11.8 Å². The van der Waals surface area contributed by atoms with E-state index in [9.17, 15) is 10.1 Å². The Hall–Kier alpha value is -4.12. The number of carbonyl (C=O) groups is 1. The monoisotopic (exact) mass is 426 g/mol. The Kier molecular flexibility index (Phi) is 4.86. The number of nitrogens with zero attached hydrogens (tertiary/aromatic N) is 5. The number of para-hydroxylation sites is 2. The van der Waals surface area contributed by atoms with Crippen LogP contribution in [0.15, 0.2) is 48.7 Å². The number of primary amides is 1. The molecule has 160 valence electrons. The molecule has 0 saturated carbocycles. The van der Waals surface area contributed by atoms with Crippen molar-refractivity contribution >= 4 is 28.4 Å². The summed E-state index contributed by atoms with van der Waals surface area (Å²) >= 11 is 0. The molecule has 1 aromatic carbocycles. The summed E-state index contributed by atoms with van der Waals surface area (Å²) in [5.41, 5.74) is 9.59. The van der Waals surface area contributed by atoms with E-state index in [2.05, 4.69) is 26.4 Å². The molecule has 32 heavy (non-hydrogen) atoms. The van der Waals surface area contributed by atoms with Crippen LogP contribution in [0.2, 0.25) is 0 Å². The molecule has 4 heterocycles. The van der Waals surface area contributed by atoms with E-state index in [-0.39, 0.29) is 11.8 Å². The molecule has 0 aliphatic carbocycles. The molecule has 0 spiro atoms. The van der Waals surface area contributed by atoms with Gasteiger partial charge in [0, 0.05) is 38.2 Å². The number of aryl methyl sites for hydroxylation is 1. The van der Waals surface area contributed by atoms with Crippen LogP contribution in [0.3, 0.4) is 0 Å². The summed E-state index contributed by atoms with van der Waals surface area (Å²) in [5.74, 6) is 1.06. The molecule has 4 aromatic rings. The van der Waals surface area contributed by atoms with Crippen molar-refractivity contribution in [3.05, 3.63) is 65.5 Å². The van der Waals surface area contributed by atoms with Gasteiger partial charge in [-0.25, -0.2) is 4.98 Å². The van der Waals surface area contributed by atoms with Gasteiger partial charge < -0.3 is 15.4 Å². The normalized spacial score (nSPS) is 14.6. The number of piperidine rings is 1. The van der Waals surface area contributed by atoms with Gasteiger partial charge in [0.05, 0.1) is 16.6 Å². The smallest absolute Gasteiger partial charge is 0.267 e. The van der Waals surface area contributed by atoms with Crippen molar-refractivity contribution in [2.45, 2.75) is 25.9 Å². The first-order chi connectivity index (χ1) is 15.5. The Morgan fingerprint density at radius 1 is 1.22 bits per heavy atom. The maximum Gasteiger partial charge on any atom is 0.267 e. The highest BCUT2D eigenvalue weighted by Gasteiger charge is 2.25. The lowest BCUT2D eigenvalue weighted by atomic mass is 10.1. The standard InChI is InChI=1S/C24H22N6O2/c1-15-12-22(30-21-5-3-2-4-19(21)28-24(30)18(15)14-25)29-10-7-16(8-11-29)32-17-6-9-27-20(13-17)23(26)31/h2-6,9,12-13,16H,7-8,10-11H2,1H3,(H2,26,31). The Bertz CT molecular complexity index is 1380. The number of hydrogen-bond donors (Lipinski definition) is 1. The van der Waals surface area contributed by atoms with Gasteiger partial charge in [0.25, 0.3) is 5.91 Å². The first kappa shape index (κ1) is 19.8. The summed E-state index contributed by atoms with van der Waals surface area (Å²) in [4.78, 5) is 22.4. The second-order valence-corrected chi connectivity index (χ2v) is 7.98. The highest BCUT2D eigenvalue weighted by Crippen LogP contribution is 2.31. The van der Waals surface area contributed by atoms with Crippen LogP contribution >= 0.6 is 0 Å². The highest BCUT2D eigenvalue weighted by atomic mass is 16.5. The quantitative estimate of drug-likeness (QED) is 0.537. The fourth-order valence-electron chi connectivity index (χ4n) is 4.32. The van der Waals surface area contributed by atoms with Gasteiger partial charge in [-0.2, -0.15) is 5.26 Å². The Morgan fingerprint density at radius 2 is 2.00 bits per heavy atom. The number of carbonyl (C=O) groups excluding carboxylic acids is 1. The van der Waals surface area contributed by atoms with Crippen molar-refractivity contribution in [1.82, 2.24) is 14.4 Å². The summed E-state index contributed by atoms with van der Waals surface area (Å²) in [6.45, 7) is 3.55. The molecule has 1 amide bonds. The van der Waals surface area contributed by atoms with E-state index in [4.69, 9.17) is 15.5 Å². The SMILES string of the molecule is Cc1cc(N2CCC(Oc3ccnc(C(N)=O)c3)CC2)n2c(nc3ccccc32)c1C#N. The van der Waals surface area contributed by atoms with Crippen molar-refractivity contribution in [1.29, 1.82) is 5.26 Å². The lowest BCUT2D eigenvalue weighted by Gasteiger charge is -2.34. The van der Waals surface area contributed by atoms with Gasteiger partial charge in [0.15, 0.2) is 5.65 Å². The fourth-order valence-corrected chi connectivity index (χ4v) is 4.32. The first-order valence-corrected chi connectivity index (χ1v) is 10.5. The fraction of sp³-hybridized carbons (Fsp3) is 0.250.